The molecule has 54 valence electrons. The minimum Gasteiger partial charge on any atom is -0.350 e. The number of hydrogen-bond acceptors (Lipinski definition) is 2. The third-order valence-corrected chi connectivity index (χ3v) is 0.799. The Balaban J connectivity index is 3.27. The first-order valence-electron chi connectivity index (χ1n) is 2.84. The molecule has 0 bridgehead atoms. The summed E-state index contributed by atoms with van der Waals surface area (Å²) in [6, 6.07) is -0.566. The second kappa shape index (κ2) is 4.14. The first-order valence-corrected chi connectivity index (χ1v) is 2.84. The van der Waals surface area contributed by atoms with Gasteiger partial charge in [0.25, 0.3) is 0 Å². The Morgan fingerprint density at radius 2 is 2.33 bits per heavy atom. The fraction of sp³-hybridized carbons (Fsp3) is 0.800. The zero-order valence-corrected chi connectivity index (χ0v) is 5.76. The van der Waals surface area contributed by atoms with Gasteiger partial charge in [-0.1, -0.05) is 6.92 Å². The molecule has 2 N–H and O–H groups in total. The summed E-state index contributed by atoms with van der Waals surface area (Å²) in [6.45, 7) is 2.48. The SMILES string of the molecule is CCCON(C)C(N)=O. The van der Waals surface area contributed by atoms with Crippen LogP contribution in [0.5, 0.6) is 0 Å². The van der Waals surface area contributed by atoms with Crippen LogP contribution in [0.1, 0.15) is 13.3 Å². The van der Waals surface area contributed by atoms with Crippen molar-refractivity contribution in [1.82, 2.24) is 5.06 Å². The topological polar surface area (TPSA) is 55.6 Å². The summed E-state index contributed by atoms with van der Waals surface area (Å²) in [5, 5.41) is 1.02. The quantitative estimate of drug-likeness (QED) is 0.563. The van der Waals surface area contributed by atoms with Gasteiger partial charge in [-0.05, 0) is 6.42 Å². The van der Waals surface area contributed by atoms with E-state index in [1.807, 2.05) is 6.92 Å². The molecule has 4 nitrogen and oxygen atoms in total. The summed E-state index contributed by atoms with van der Waals surface area (Å²) >= 11 is 0. The average molecular weight is 132 g/mol. The standard InChI is InChI=1S/C5H12N2O2/c1-3-4-9-7(2)5(6)8/h3-4H2,1-2H3,(H2,6,8). The van der Waals surface area contributed by atoms with Gasteiger partial charge in [-0.15, -0.1) is 0 Å². The van der Waals surface area contributed by atoms with E-state index in [0.29, 0.717) is 6.61 Å². The van der Waals surface area contributed by atoms with E-state index >= 15 is 0 Å². The van der Waals surface area contributed by atoms with Gasteiger partial charge in [0.05, 0.1) is 6.61 Å². The van der Waals surface area contributed by atoms with Crippen molar-refractivity contribution in [3.8, 4) is 0 Å². The largest absolute Gasteiger partial charge is 0.350 e. The highest BCUT2D eigenvalue weighted by atomic mass is 16.7. The number of carbonyl (C=O) groups is 1. The lowest BCUT2D eigenvalue weighted by Gasteiger charge is -2.11. The molecule has 0 spiro atoms. The van der Waals surface area contributed by atoms with E-state index in [2.05, 4.69) is 0 Å². The molecule has 0 saturated carbocycles. The maximum absolute atomic E-state index is 10.2. The van der Waals surface area contributed by atoms with Crippen LogP contribution in [0.25, 0.3) is 0 Å². The van der Waals surface area contributed by atoms with E-state index < -0.39 is 6.03 Å². The van der Waals surface area contributed by atoms with Crippen LogP contribution >= 0.6 is 0 Å². The number of hydroxylamine groups is 2. The van der Waals surface area contributed by atoms with E-state index in [1.165, 1.54) is 7.05 Å². The lowest BCUT2D eigenvalue weighted by molar-refractivity contribution is -0.0951. The second-order valence-corrected chi connectivity index (χ2v) is 1.67. The summed E-state index contributed by atoms with van der Waals surface area (Å²) < 4.78 is 0. The molecule has 0 radical (unpaired) electrons. The molecule has 0 heterocycles. The van der Waals surface area contributed by atoms with Gasteiger partial charge in [0.15, 0.2) is 0 Å². The molecule has 0 saturated heterocycles. The van der Waals surface area contributed by atoms with Crippen molar-refractivity contribution in [2.24, 2.45) is 5.73 Å². The summed E-state index contributed by atoms with van der Waals surface area (Å²) in [7, 11) is 1.48. The Morgan fingerprint density at radius 1 is 1.78 bits per heavy atom. The zero-order chi connectivity index (χ0) is 7.28. The molecular formula is C5H12N2O2. The number of nitrogens with two attached hydrogens (primary N) is 1. The van der Waals surface area contributed by atoms with Gasteiger partial charge >= 0.3 is 6.03 Å². The zero-order valence-electron chi connectivity index (χ0n) is 5.76. The number of hydrogen-bond donors (Lipinski definition) is 1. The molecule has 0 aromatic rings. The molecule has 0 aliphatic rings. The van der Waals surface area contributed by atoms with Crippen LogP contribution in [-0.4, -0.2) is 24.7 Å². The Kier molecular flexibility index (Phi) is 3.79. The van der Waals surface area contributed by atoms with Gasteiger partial charge in [-0.3, -0.25) is 4.84 Å². The number of primary amides is 1. The van der Waals surface area contributed by atoms with Crippen LogP contribution in [-0.2, 0) is 4.84 Å². The number of nitrogens with zero attached hydrogens (tertiary/aromatic N) is 1. The molecule has 0 aliphatic heterocycles. The number of urea groups is 1. The third kappa shape index (κ3) is 3.78. The second-order valence-electron chi connectivity index (χ2n) is 1.67. The van der Waals surface area contributed by atoms with Gasteiger partial charge in [0.2, 0.25) is 0 Å². The molecule has 0 rings (SSSR count). The first-order chi connectivity index (χ1) is 4.18. The van der Waals surface area contributed by atoms with Gasteiger partial charge < -0.3 is 5.73 Å². The fourth-order valence-electron chi connectivity index (χ4n) is 0.292. The summed E-state index contributed by atoms with van der Waals surface area (Å²) in [4.78, 5) is 15.0. The Labute approximate surface area is 54.5 Å². The predicted molar refractivity (Wildman–Crippen MR) is 33.6 cm³/mol. The molecule has 0 atom stereocenters. The number of rotatable bonds is 3. The highest BCUT2D eigenvalue weighted by Gasteiger charge is 1.99. The van der Waals surface area contributed by atoms with E-state index in [0.717, 1.165) is 11.5 Å². The van der Waals surface area contributed by atoms with Crippen LogP contribution in [0, 0.1) is 0 Å². The molecule has 9 heavy (non-hydrogen) atoms. The third-order valence-electron chi connectivity index (χ3n) is 0.799. The molecular weight excluding hydrogens is 120 g/mol. The van der Waals surface area contributed by atoms with Crippen LogP contribution in [0.2, 0.25) is 0 Å². The minimum absolute atomic E-state index is 0.527. The normalized spacial score (nSPS) is 9.11. The molecule has 0 aromatic carbocycles. The molecule has 0 aromatic heterocycles. The van der Waals surface area contributed by atoms with Gasteiger partial charge in [-0.25, -0.2) is 9.86 Å². The highest BCUT2D eigenvalue weighted by Crippen LogP contribution is 1.85. The van der Waals surface area contributed by atoms with Gasteiger partial charge in [0.1, 0.15) is 0 Å². The smallest absolute Gasteiger partial charge is 0.338 e. The van der Waals surface area contributed by atoms with Crippen LogP contribution in [0.4, 0.5) is 4.79 Å². The average Bonchev–Trinajstić information content (AvgIpc) is 1.82. The molecule has 2 amide bonds. The van der Waals surface area contributed by atoms with Crippen molar-refractivity contribution in [1.29, 1.82) is 0 Å². The van der Waals surface area contributed by atoms with Gasteiger partial charge in [-0.2, -0.15) is 0 Å². The van der Waals surface area contributed by atoms with Crippen molar-refractivity contribution in [2.45, 2.75) is 13.3 Å². The Hall–Kier alpha value is -0.770. The van der Waals surface area contributed by atoms with Crippen LogP contribution < -0.4 is 5.73 Å². The van der Waals surface area contributed by atoms with E-state index in [1.54, 1.807) is 0 Å². The molecule has 0 aliphatic carbocycles. The lowest BCUT2D eigenvalue weighted by atomic mass is 10.5. The van der Waals surface area contributed by atoms with E-state index in [-0.39, 0.29) is 0 Å². The molecule has 4 heteroatoms. The van der Waals surface area contributed by atoms with E-state index in [4.69, 9.17) is 10.6 Å². The van der Waals surface area contributed by atoms with Crippen LogP contribution in [0.15, 0.2) is 0 Å². The Bertz CT molecular complexity index is 95.0. The summed E-state index contributed by atoms with van der Waals surface area (Å²) in [5.41, 5.74) is 4.84. The van der Waals surface area contributed by atoms with Crippen molar-refractivity contribution in [3.05, 3.63) is 0 Å². The fourth-order valence-corrected chi connectivity index (χ4v) is 0.292. The maximum Gasteiger partial charge on any atom is 0.338 e. The summed E-state index contributed by atoms with van der Waals surface area (Å²) in [6.07, 6.45) is 0.873. The number of amides is 2. The maximum atomic E-state index is 10.2. The monoisotopic (exact) mass is 132 g/mol. The molecule has 0 unspecified atom stereocenters. The first kappa shape index (κ1) is 8.23. The van der Waals surface area contributed by atoms with Crippen molar-refractivity contribution in [3.63, 3.8) is 0 Å². The minimum atomic E-state index is -0.566. The summed E-state index contributed by atoms with van der Waals surface area (Å²) in [5.74, 6) is 0. The van der Waals surface area contributed by atoms with E-state index in [9.17, 15) is 4.79 Å². The molecule has 0 fully saturated rings. The van der Waals surface area contributed by atoms with Crippen LogP contribution in [0.3, 0.4) is 0 Å². The predicted octanol–water partition coefficient (Wildman–Crippen LogP) is 0.339. The van der Waals surface area contributed by atoms with Crippen molar-refractivity contribution >= 4 is 6.03 Å². The number of carbonyl (C=O) groups excluding carboxylic acids is 1. The van der Waals surface area contributed by atoms with Gasteiger partial charge in [0, 0.05) is 7.05 Å². The van der Waals surface area contributed by atoms with Crippen molar-refractivity contribution in [2.75, 3.05) is 13.7 Å². The lowest BCUT2D eigenvalue weighted by Crippen LogP contribution is -2.32. The van der Waals surface area contributed by atoms with Crippen molar-refractivity contribution < 1.29 is 9.63 Å². The highest BCUT2D eigenvalue weighted by molar-refractivity contribution is 5.70. The Morgan fingerprint density at radius 3 is 2.67 bits per heavy atom.